The van der Waals surface area contributed by atoms with Crippen molar-refractivity contribution in [3.63, 3.8) is 0 Å². The van der Waals surface area contributed by atoms with Crippen LogP contribution in [-0.2, 0) is 14.8 Å². The molecule has 8 heteroatoms. The van der Waals surface area contributed by atoms with Gasteiger partial charge in [-0.1, -0.05) is 0 Å². The first-order valence-corrected chi connectivity index (χ1v) is 8.25. The van der Waals surface area contributed by atoms with Crippen LogP contribution in [0.25, 0.3) is 0 Å². The summed E-state index contributed by atoms with van der Waals surface area (Å²) in [6, 6.07) is 4.73. The number of benzene rings is 1. The molecule has 22 heavy (non-hydrogen) atoms. The third-order valence-corrected chi connectivity index (χ3v) is 5.51. The van der Waals surface area contributed by atoms with Gasteiger partial charge in [-0.3, -0.25) is 4.79 Å². The van der Waals surface area contributed by atoms with Crippen LogP contribution in [-0.4, -0.2) is 61.3 Å². The van der Waals surface area contributed by atoms with Gasteiger partial charge in [-0.05, 0) is 37.1 Å². The predicted molar refractivity (Wildman–Crippen MR) is 79.0 cm³/mol. The minimum atomic E-state index is -3.55. The van der Waals surface area contributed by atoms with Crippen molar-refractivity contribution in [2.75, 3.05) is 20.6 Å². The second kappa shape index (κ2) is 6.05. The lowest BCUT2D eigenvalue weighted by molar-refractivity contribution is -0.141. The molecule has 1 heterocycles. The Morgan fingerprint density at radius 2 is 1.82 bits per heavy atom. The van der Waals surface area contributed by atoms with Gasteiger partial charge < -0.3 is 10.0 Å². The molecule has 1 atom stereocenters. The van der Waals surface area contributed by atoms with Crippen LogP contribution < -0.4 is 0 Å². The second-order valence-electron chi connectivity index (χ2n) is 5.31. The number of carboxylic acid groups (broad SMARTS) is 1. The van der Waals surface area contributed by atoms with E-state index in [1.54, 1.807) is 0 Å². The van der Waals surface area contributed by atoms with Gasteiger partial charge in [0.15, 0.2) is 0 Å². The van der Waals surface area contributed by atoms with Gasteiger partial charge in [0.1, 0.15) is 6.04 Å². The molecule has 0 saturated carbocycles. The number of hydrogen-bond donors (Lipinski definition) is 1. The highest BCUT2D eigenvalue weighted by Gasteiger charge is 2.34. The zero-order valence-corrected chi connectivity index (χ0v) is 13.2. The molecule has 1 N–H and O–H groups in total. The molecule has 0 spiro atoms. The molecule has 0 unspecified atom stereocenters. The molecule has 2 rings (SSSR count). The molecule has 1 aliphatic rings. The fourth-order valence-corrected chi connectivity index (χ4v) is 3.31. The van der Waals surface area contributed by atoms with E-state index in [9.17, 15) is 18.0 Å². The Balaban J connectivity index is 2.24. The topological polar surface area (TPSA) is 95.0 Å². The van der Waals surface area contributed by atoms with E-state index in [0.717, 1.165) is 4.31 Å². The lowest BCUT2D eigenvalue weighted by atomic mass is 10.1. The highest BCUT2D eigenvalue weighted by Crippen LogP contribution is 2.21. The fraction of sp³-hybridized carbons (Fsp3) is 0.429. The van der Waals surface area contributed by atoms with Crippen molar-refractivity contribution in [2.45, 2.75) is 23.8 Å². The largest absolute Gasteiger partial charge is 0.480 e. The summed E-state index contributed by atoms with van der Waals surface area (Å²) in [6.07, 6.45) is 1.09. The molecule has 120 valence electrons. The molecule has 1 saturated heterocycles. The minimum Gasteiger partial charge on any atom is -0.480 e. The van der Waals surface area contributed by atoms with Crippen LogP contribution in [0.15, 0.2) is 29.2 Å². The number of carbonyl (C=O) groups excluding carboxylic acids is 1. The van der Waals surface area contributed by atoms with E-state index in [-0.39, 0.29) is 10.5 Å². The van der Waals surface area contributed by atoms with Crippen LogP contribution in [0.5, 0.6) is 0 Å². The summed E-state index contributed by atoms with van der Waals surface area (Å²) < 4.78 is 25.0. The van der Waals surface area contributed by atoms with Crippen molar-refractivity contribution in [2.24, 2.45) is 0 Å². The maximum Gasteiger partial charge on any atom is 0.326 e. The number of hydrogen-bond acceptors (Lipinski definition) is 4. The average molecular weight is 326 g/mol. The van der Waals surface area contributed by atoms with Crippen LogP contribution >= 0.6 is 0 Å². The van der Waals surface area contributed by atoms with Crippen LogP contribution in [0.1, 0.15) is 23.2 Å². The highest BCUT2D eigenvalue weighted by atomic mass is 32.2. The summed E-state index contributed by atoms with van der Waals surface area (Å²) >= 11 is 0. The molecule has 0 bridgehead atoms. The lowest BCUT2D eigenvalue weighted by Crippen LogP contribution is -2.40. The van der Waals surface area contributed by atoms with Gasteiger partial charge >= 0.3 is 5.97 Å². The maximum absolute atomic E-state index is 12.4. The van der Waals surface area contributed by atoms with Gasteiger partial charge in [0.25, 0.3) is 5.91 Å². The summed E-state index contributed by atoms with van der Waals surface area (Å²) in [5.74, 6) is -1.41. The van der Waals surface area contributed by atoms with E-state index in [2.05, 4.69) is 0 Å². The smallest absolute Gasteiger partial charge is 0.326 e. The van der Waals surface area contributed by atoms with Crippen molar-refractivity contribution in [3.05, 3.63) is 29.8 Å². The molecule has 0 radical (unpaired) electrons. The summed E-state index contributed by atoms with van der Waals surface area (Å²) in [4.78, 5) is 24.9. The Hall–Kier alpha value is -1.93. The van der Waals surface area contributed by atoms with Gasteiger partial charge in [-0.15, -0.1) is 0 Å². The minimum absolute atomic E-state index is 0.0882. The van der Waals surface area contributed by atoms with Gasteiger partial charge in [0, 0.05) is 26.2 Å². The van der Waals surface area contributed by atoms with Crippen LogP contribution in [0.2, 0.25) is 0 Å². The normalized spacial score (nSPS) is 18.7. The second-order valence-corrected chi connectivity index (χ2v) is 7.46. The molecular weight excluding hydrogens is 308 g/mol. The lowest BCUT2D eigenvalue weighted by Gasteiger charge is -2.21. The molecular formula is C14H18N2O5S. The SMILES string of the molecule is CN(C)S(=O)(=O)c1ccc(C(=O)N2CCC[C@@H]2C(=O)O)cc1. The molecule has 1 aromatic carbocycles. The average Bonchev–Trinajstić information content (AvgIpc) is 2.96. The highest BCUT2D eigenvalue weighted by molar-refractivity contribution is 7.89. The van der Waals surface area contributed by atoms with E-state index < -0.39 is 27.9 Å². The van der Waals surface area contributed by atoms with Crippen molar-refractivity contribution in [1.29, 1.82) is 0 Å². The molecule has 0 aliphatic carbocycles. The molecule has 0 aromatic heterocycles. The number of likely N-dealkylation sites (tertiary alicyclic amines) is 1. The maximum atomic E-state index is 12.4. The number of aliphatic carboxylic acids is 1. The predicted octanol–water partition coefficient (Wildman–Crippen LogP) is 0.626. The molecule has 1 aromatic rings. The number of carbonyl (C=O) groups is 2. The van der Waals surface area contributed by atoms with Crippen molar-refractivity contribution < 1.29 is 23.1 Å². The Bertz CT molecular complexity index is 682. The molecule has 7 nitrogen and oxygen atoms in total. The molecule has 1 fully saturated rings. The first-order chi connectivity index (χ1) is 10.2. The molecule has 1 amide bonds. The molecule has 1 aliphatic heterocycles. The van der Waals surface area contributed by atoms with E-state index in [0.29, 0.717) is 19.4 Å². The standard InChI is InChI=1S/C14H18N2O5S/c1-15(2)22(20,21)11-7-5-10(6-8-11)13(17)16-9-3-4-12(16)14(18)19/h5-8,12H,3-4,9H2,1-2H3,(H,18,19)/t12-/m1/s1. The Labute approximate surface area is 129 Å². The fourth-order valence-electron chi connectivity index (χ4n) is 2.41. The summed E-state index contributed by atoms with van der Waals surface area (Å²) in [6.45, 7) is 0.396. The quantitative estimate of drug-likeness (QED) is 0.875. The monoisotopic (exact) mass is 326 g/mol. The summed E-state index contributed by atoms with van der Waals surface area (Å²) in [7, 11) is -0.695. The van der Waals surface area contributed by atoms with E-state index in [1.807, 2.05) is 0 Å². The number of rotatable bonds is 4. The van der Waals surface area contributed by atoms with Gasteiger partial charge in [-0.2, -0.15) is 0 Å². The number of carboxylic acids is 1. The van der Waals surface area contributed by atoms with E-state index in [1.165, 1.54) is 43.3 Å². The van der Waals surface area contributed by atoms with Crippen LogP contribution in [0.3, 0.4) is 0 Å². The Morgan fingerprint density at radius 1 is 1.23 bits per heavy atom. The zero-order valence-electron chi connectivity index (χ0n) is 12.4. The number of amides is 1. The summed E-state index contributed by atoms with van der Waals surface area (Å²) in [5, 5.41) is 9.11. The van der Waals surface area contributed by atoms with Crippen molar-refractivity contribution >= 4 is 21.9 Å². The van der Waals surface area contributed by atoms with E-state index >= 15 is 0 Å². The number of sulfonamides is 1. The number of nitrogens with zero attached hydrogens (tertiary/aromatic N) is 2. The van der Waals surface area contributed by atoms with E-state index in [4.69, 9.17) is 5.11 Å². The third-order valence-electron chi connectivity index (χ3n) is 3.68. The Morgan fingerprint density at radius 3 is 2.32 bits per heavy atom. The first-order valence-electron chi connectivity index (χ1n) is 6.81. The zero-order chi connectivity index (χ0) is 16.5. The van der Waals surface area contributed by atoms with Crippen LogP contribution in [0, 0.1) is 0 Å². The van der Waals surface area contributed by atoms with Crippen molar-refractivity contribution in [3.8, 4) is 0 Å². The van der Waals surface area contributed by atoms with Gasteiger partial charge in [-0.25, -0.2) is 17.5 Å². The van der Waals surface area contributed by atoms with Crippen molar-refractivity contribution in [1.82, 2.24) is 9.21 Å². The third kappa shape index (κ3) is 2.97. The summed E-state index contributed by atoms with van der Waals surface area (Å²) in [5.41, 5.74) is 0.283. The first kappa shape index (κ1) is 16.4. The van der Waals surface area contributed by atoms with Gasteiger partial charge in [0.05, 0.1) is 4.90 Å². The Kier molecular flexibility index (Phi) is 4.52. The van der Waals surface area contributed by atoms with Gasteiger partial charge in [0.2, 0.25) is 10.0 Å². The van der Waals surface area contributed by atoms with Crippen LogP contribution in [0.4, 0.5) is 0 Å².